The maximum atomic E-state index is 14.8. The van der Waals surface area contributed by atoms with Crippen molar-refractivity contribution in [2.75, 3.05) is 42.6 Å². The molecule has 2 saturated heterocycles. The fourth-order valence-corrected chi connectivity index (χ4v) is 4.58. The summed E-state index contributed by atoms with van der Waals surface area (Å²) in [4.78, 5) is 33.7. The number of pyridine rings is 1. The second kappa shape index (κ2) is 8.69. The van der Waals surface area contributed by atoms with Gasteiger partial charge in [0, 0.05) is 32.4 Å². The Balaban J connectivity index is 1.28. The molecule has 3 aliphatic rings. The van der Waals surface area contributed by atoms with Gasteiger partial charge in [0.2, 0.25) is 0 Å². The van der Waals surface area contributed by atoms with Crippen LogP contribution in [0.4, 0.5) is 33.9 Å². The molecule has 1 atom stereocenters. The maximum absolute atomic E-state index is 14.8. The Kier molecular flexibility index (Phi) is 5.80. The first-order chi connectivity index (χ1) is 16.6. The highest BCUT2D eigenvalue weighted by Crippen LogP contribution is 2.45. The van der Waals surface area contributed by atoms with Gasteiger partial charge in [-0.15, -0.1) is 0 Å². The van der Waals surface area contributed by atoms with Gasteiger partial charge >= 0.3 is 12.3 Å². The van der Waals surface area contributed by atoms with Gasteiger partial charge in [-0.3, -0.25) is 9.69 Å². The summed E-state index contributed by atoms with van der Waals surface area (Å²) in [5.74, 6) is -0.617. The zero-order valence-corrected chi connectivity index (χ0v) is 19.0. The van der Waals surface area contributed by atoms with Crippen LogP contribution >= 0.6 is 0 Å². The second-order valence-electron chi connectivity index (χ2n) is 9.15. The Morgan fingerprint density at radius 3 is 2.40 bits per heavy atom. The van der Waals surface area contributed by atoms with Crippen LogP contribution in [-0.2, 0) is 10.9 Å². The van der Waals surface area contributed by atoms with E-state index >= 15 is 0 Å². The molecule has 0 spiro atoms. The molecule has 1 aromatic carbocycles. The van der Waals surface area contributed by atoms with Gasteiger partial charge in [-0.05, 0) is 55.5 Å². The number of rotatable bonds is 4. The smallest absolute Gasteiger partial charge is 0.417 e. The van der Waals surface area contributed by atoms with E-state index in [1.165, 1.54) is 28.0 Å². The third kappa shape index (κ3) is 4.51. The molecular weight excluding hydrogens is 468 g/mol. The van der Waals surface area contributed by atoms with Crippen molar-refractivity contribution in [2.24, 2.45) is 0 Å². The van der Waals surface area contributed by atoms with E-state index < -0.39 is 29.6 Å². The molecular formula is C24H24F4N4O3. The molecule has 3 fully saturated rings. The van der Waals surface area contributed by atoms with Crippen LogP contribution < -0.4 is 9.80 Å². The molecule has 35 heavy (non-hydrogen) atoms. The number of benzene rings is 1. The zero-order valence-electron chi connectivity index (χ0n) is 19.0. The van der Waals surface area contributed by atoms with E-state index in [4.69, 9.17) is 4.74 Å². The largest absolute Gasteiger partial charge is 0.447 e. The first kappa shape index (κ1) is 23.4. The Morgan fingerprint density at radius 2 is 1.83 bits per heavy atom. The summed E-state index contributed by atoms with van der Waals surface area (Å²) in [6.45, 7) is 3.30. The molecule has 186 valence electrons. The molecule has 0 bridgehead atoms. The number of hydrogen-bond acceptors (Lipinski definition) is 5. The number of halogens is 4. The van der Waals surface area contributed by atoms with Crippen molar-refractivity contribution in [2.45, 2.75) is 37.9 Å². The Bertz CT molecular complexity index is 1160. The minimum Gasteiger partial charge on any atom is -0.447 e. The Hall–Kier alpha value is -3.37. The number of amides is 2. The average molecular weight is 492 g/mol. The van der Waals surface area contributed by atoms with Gasteiger partial charge < -0.3 is 14.5 Å². The van der Waals surface area contributed by atoms with E-state index in [1.807, 2.05) is 4.90 Å². The Morgan fingerprint density at radius 1 is 1.11 bits per heavy atom. The summed E-state index contributed by atoms with van der Waals surface area (Å²) in [5.41, 5.74) is 0.0527. The van der Waals surface area contributed by atoms with Crippen LogP contribution in [-0.4, -0.2) is 60.7 Å². The van der Waals surface area contributed by atoms with Gasteiger partial charge in [0.1, 0.15) is 18.2 Å². The number of carbonyl (C=O) groups excluding carboxylic acids is 2. The van der Waals surface area contributed by atoms with Crippen molar-refractivity contribution in [3.05, 3.63) is 53.0 Å². The number of hydrogen-bond donors (Lipinski definition) is 0. The fraction of sp³-hybridized carbons (Fsp3) is 0.458. The van der Waals surface area contributed by atoms with Gasteiger partial charge in [-0.2, -0.15) is 13.2 Å². The fourth-order valence-electron chi connectivity index (χ4n) is 4.58. The van der Waals surface area contributed by atoms with Gasteiger partial charge in [0.25, 0.3) is 5.91 Å². The Labute approximate surface area is 199 Å². The van der Waals surface area contributed by atoms with Crippen molar-refractivity contribution in [3.63, 3.8) is 0 Å². The van der Waals surface area contributed by atoms with Gasteiger partial charge in [-0.25, -0.2) is 14.2 Å². The molecule has 1 aliphatic carbocycles. The van der Waals surface area contributed by atoms with Crippen molar-refractivity contribution in [3.8, 4) is 0 Å². The molecule has 2 aliphatic heterocycles. The number of anilines is 2. The normalized spacial score (nSPS) is 20.9. The second-order valence-corrected chi connectivity index (χ2v) is 9.15. The molecule has 0 N–H and O–H groups in total. The first-order valence-electron chi connectivity index (χ1n) is 11.5. The molecule has 7 nitrogen and oxygen atoms in total. The summed E-state index contributed by atoms with van der Waals surface area (Å²) in [6, 6.07) is 4.98. The predicted octanol–water partition coefficient (Wildman–Crippen LogP) is 4.42. The number of nitrogens with zero attached hydrogens (tertiary/aromatic N) is 4. The number of cyclic esters (lactones) is 1. The van der Waals surface area contributed by atoms with Crippen LogP contribution in [0.2, 0.25) is 0 Å². The van der Waals surface area contributed by atoms with Gasteiger partial charge in [0.15, 0.2) is 0 Å². The topological polar surface area (TPSA) is 66.0 Å². The third-order valence-corrected chi connectivity index (χ3v) is 6.65. The van der Waals surface area contributed by atoms with Gasteiger partial charge in [-0.1, -0.05) is 0 Å². The first-order valence-corrected chi connectivity index (χ1v) is 11.5. The molecule has 0 radical (unpaired) electrons. The van der Waals surface area contributed by atoms with Crippen LogP contribution in [0.25, 0.3) is 0 Å². The number of piperazine rings is 1. The predicted molar refractivity (Wildman–Crippen MR) is 119 cm³/mol. The number of alkyl halides is 3. The van der Waals surface area contributed by atoms with Gasteiger partial charge in [0.05, 0.1) is 22.9 Å². The zero-order chi connectivity index (χ0) is 24.9. The van der Waals surface area contributed by atoms with E-state index in [2.05, 4.69) is 4.98 Å². The summed E-state index contributed by atoms with van der Waals surface area (Å²) < 4.78 is 59.3. The van der Waals surface area contributed by atoms with Crippen LogP contribution in [0.3, 0.4) is 0 Å². The number of aromatic nitrogens is 1. The summed E-state index contributed by atoms with van der Waals surface area (Å²) >= 11 is 0. The lowest BCUT2D eigenvalue weighted by Crippen LogP contribution is -2.49. The van der Waals surface area contributed by atoms with Crippen LogP contribution in [0.15, 0.2) is 30.5 Å². The molecule has 1 aromatic heterocycles. The molecule has 1 saturated carbocycles. The summed E-state index contributed by atoms with van der Waals surface area (Å²) in [5, 5.41) is 0. The van der Waals surface area contributed by atoms with E-state index in [0.717, 1.165) is 25.1 Å². The maximum Gasteiger partial charge on any atom is 0.417 e. The SMILES string of the molecule is CC1COC(=O)N1c1ccc(C(=O)N2CCN(c3ncc(C(F)(F)F)cc3C3CC3)CC2)c(F)c1. The highest BCUT2D eigenvalue weighted by Gasteiger charge is 2.37. The van der Waals surface area contributed by atoms with Crippen LogP contribution in [0, 0.1) is 5.82 Å². The van der Waals surface area contributed by atoms with Crippen molar-refractivity contribution in [1.82, 2.24) is 9.88 Å². The molecule has 3 heterocycles. The van der Waals surface area contributed by atoms with E-state index in [9.17, 15) is 27.2 Å². The molecule has 11 heteroatoms. The highest BCUT2D eigenvalue weighted by atomic mass is 19.4. The monoisotopic (exact) mass is 492 g/mol. The number of ether oxygens (including phenoxy) is 1. The molecule has 2 aromatic rings. The average Bonchev–Trinajstić information content (AvgIpc) is 3.62. The van der Waals surface area contributed by atoms with E-state index in [0.29, 0.717) is 30.2 Å². The lowest BCUT2D eigenvalue weighted by atomic mass is 10.1. The summed E-state index contributed by atoms with van der Waals surface area (Å²) in [7, 11) is 0. The lowest BCUT2D eigenvalue weighted by molar-refractivity contribution is -0.137. The van der Waals surface area contributed by atoms with Crippen molar-refractivity contribution >= 4 is 23.5 Å². The molecule has 2 amide bonds. The summed E-state index contributed by atoms with van der Waals surface area (Å²) in [6.07, 6.45) is -2.50. The highest BCUT2D eigenvalue weighted by molar-refractivity contribution is 5.96. The minimum atomic E-state index is -4.45. The molecule has 5 rings (SSSR count). The third-order valence-electron chi connectivity index (χ3n) is 6.65. The minimum absolute atomic E-state index is 0.0719. The van der Waals surface area contributed by atoms with Crippen LogP contribution in [0.5, 0.6) is 0 Å². The lowest BCUT2D eigenvalue weighted by Gasteiger charge is -2.36. The molecule has 1 unspecified atom stereocenters. The van der Waals surface area contributed by atoms with E-state index in [1.54, 1.807) is 6.92 Å². The van der Waals surface area contributed by atoms with Crippen molar-refractivity contribution < 1.29 is 31.9 Å². The van der Waals surface area contributed by atoms with Crippen LogP contribution in [0.1, 0.15) is 47.2 Å². The van der Waals surface area contributed by atoms with E-state index in [-0.39, 0.29) is 37.2 Å². The quantitative estimate of drug-likeness (QED) is 0.591. The van der Waals surface area contributed by atoms with Crippen molar-refractivity contribution in [1.29, 1.82) is 0 Å². The number of carbonyl (C=O) groups is 2. The standard InChI is InChI=1S/C24H24F4N4O3/c1-14-13-35-23(34)32(14)17-4-5-18(20(25)11-17)22(33)31-8-6-30(7-9-31)21-19(15-2-3-15)10-16(12-29-21)24(26,27)28/h4-5,10-12,14-15H,2-3,6-9,13H2,1H3.